The lowest BCUT2D eigenvalue weighted by Crippen LogP contribution is -2.17. The van der Waals surface area contributed by atoms with Crippen molar-refractivity contribution in [3.8, 4) is 17.4 Å². The average Bonchev–Trinajstić information content (AvgIpc) is 2.76. The molecule has 0 saturated heterocycles. The van der Waals surface area contributed by atoms with E-state index in [4.69, 9.17) is 25.8 Å². The second-order valence-electron chi connectivity index (χ2n) is 7.14. The van der Waals surface area contributed by atoms with E-state index in [0.717, 1.165) is 12.0 Å². The highest BCUT2D eigenvalue weighted by atomic mass is 35.5. The molecule has 2 aromatic carbocycles. The molecular weight excluding hydrogens is 418 g/mol. The Labute approximate surface area is 186 Å². The van der Waals surface area contributed by atoms with Gasteiger partial charge in [0.15, 0.2) is 11.5 Å². The number of halogens is 1. The third kappa shape index (κ3) is 6.15. The van der Waals surface area contributed by atoms with Gasteiger partial charge in [-0.25, -0.2) is 5.10 Å². The Morgan fingerprint density at radius 1 is 1.10 bits per heavy atom. The van der Waals surface area contributed by atoms with E-state index >= 15 is 0 Å². The molecule has 0 atom stereocenters. The molecule has 0 unspecified atom stereocenters. The lowest BCUT2D eigenvalue weighted by Gasteiger charge is -2.16. The van der Waals surface area contributed by atoms with Crippen molar-refractivity contribution < 1.29 is 14.2 Å². The Hall–Kier alpha value is -3.19. The first kappa shape index (κ1) is 22.5. The van der Waals surface area contributed by atoms with Crippen LogP contribution >= 0.6 is 11.6 Å². The van der Waals surface area contributed by atoms with Gasteiger partial charge in [0.2, 0.25) is 0 Å². The van der Waals surface area contributed by atoms with Gasteiger partial charge in [0, 0.05) is 13.0 Å². The molecule has 0 spiro atoms. The van der Waals surface area contributed by atoms with Gasteiger partial charge in [0.25, 0.3) is 11.4 Å². The first-order chi connectivity index (χ1) is 15.0. The van der Waals surface area contributed by atoms with Gasteiger partial charge in [-0.05, 0) is 37.1 Å². The second kappa shape index (κ2) is 10.7. The Balaban J connectivity index is 1.72. The highest BCUT2D eigenvalue weighted by Gasteiger charge is 2.15. The van der Waals surface area contributed by atoms with E-state index in [9.17, 15) is 4.79 Å². The topological polar surface area (TPSA) is 85.5 Å². The van der Waals surface area contributed by atoms with Gasteiger partial charge in [-0.15, -0.1) is 5.10 Å². The first-order valence-electron chi connectivity index (χ1n) is 10.00. The van der Waals surface area contributed by atoms with Crippen molar-refractivity contribution in [2.75, 3.05) is 19.0 Å². The van der Waals surface area contributed by atoms with Crippen LogP contribution in [0.4, 0.5) is 5.69 Å². The van der Waals surface area contributed by atoms with E-state index in [0.29, 0.717) is 30.3 Å². The Kier molecular flexibility index (Phi) is 7.78. The summed E-state index contributed by atoms with van der Waals surface area (Å²) in [6.07, 6.45) is 0.664. The molecule has 0 aliphatic carbocycles. The number of anilines is 1. The van der Waals surface area contributed by atoms with E-state index in [1.54, 1.807) is 7.11 Å². The molecular formula is C23H26ClN3O4. The zero-order valence-electron chi connectivity index (χ0n) is 17.8. The maximum absolute atomic E-state index is 11.9. The quantitative estimate of drug-likeness (QED) is 0.481. The first-order valence-corrected chi connectivity index (χ1v) is 10.4. The molecule has 8 heteroatoms. The van der Waals surface area contributed by atoms with Crippen molar-refractivity contribution in [1.82, 2.24) is 10.2 Å². The van der Waals surface area contributed by atoms with Gasteiger partial charge in [-0.3, -0.25) is 4.79 Å². The molecule has 0 saturated carbocycles. The minimum absolute atomic E-state index is 0.00139. The summed E-state index contributed by atoms with van der Waals surface area (Å²) in [5.41, 5.74) is 1.98. The van der Waals surface area contributed by atoms with E-state index in [1.165, 1.54) is 5.56 Å². The van der Waals surface area contributed by atoms with Gasteiger partial charge in [-0.1, -0.05) is 48.0 Å². The van der Waals surface area contributed by atoms with Crippen molar-refractivity contribution in [3.63, 3.8) is 0 Å². The third-order valence-corrected chi connectivity index (χ3v) is 4.79. The molecule has 1 aromatic heterocycles. The summed E-state index contributed by atoms with van der Waals surface area (Å²) in [7, 11) is 1.61. The maximum Gasteiger partial charge on any atom is 0.285 e. The molecule has 31 heavy (non-hydrogen) atoms. The lowest BCUT2D eigenvalue weighted by molar-refractivity contribution is 0.231. The summed E-state index contributed by atoms with van der Waals surface area (Å²) in [5.74, 6) is 1.54. The number of hydrogen-bond acceptors (Lipinski definition) is 6. The molecule has 0 bridgehead atoms. The zero-order chi connectivity index (χ0) is 22.2. The molecule has 7 nitrogen and oxygen atoms in total. The van der Waals surface area contributed by atoms with Crippen LogP contribution in [0.2, 0.25) is 5.02 Å². The van der Waals surface area contributed by atoms with Crippen LogP contribution in [0.5, 0.6) is 17.4 Å². The predicted molar refractivity (Wildman–Crippen MR) is 122 cm³/mol. The number of benzene rings is 2. The zero-order valence-corrected chi connectivity index (χ0v) is 18.5. The highest BCUT2D eigenvalue weighted by Crippen LogP contribution is 2.31. The van der Waals surface area contributed by atoms with Crippen LogP contribution in [0, 0.1) is 0 Å². The number of nitrogens with one attached hydrogen (secondary N) is 2. The fourth-order valence-electron chi connectivity index (χ4n) is 2.93. The van der Waals surface area contributed by atoms with Crippen molar-refractivity contribution in [3.05, 3.63) is 75.0 Å². The van der Waals surface area contributed by atoms with E-state index < -0.39 is 5.56 Å². The monoisotopic (exact) mass is 443 g/mol. The minimum Gasteiger partial charge on any atom is -0.493 e. The Morgan fingerprint density at radius 3 is 2.58 bits per heavy atom. The van der Waals surface area contributed by atoms with Crippen LogP contribution in [0.25, 0.3) is 0 Å². The molecule has 0 amide bonds. The van der Waals surface area contributed by atoms with Crippen LogP contribution in [0.3, 0.4) is 0 Å². The SMILES string of the molecule is COc1ccc(CNc2c(OC(C)C)n[nH]c(=O)c2Cl)cc1OCCc1ccccc1. The van der Waals surface area contributed by atoms with Crippen LogP contribution in [-0.2, 0) is 13.0 Å². The summed E-state index contributed by atoms with van der Waals surface area (Å²) in [5, 5.41) is 9.44. The van der Waals surface area contributed by atoms with Gasteiger partial charge in [0.05, 0.1) is 19.8 Å². The van der Waals surface area contributed by atoms with Crippen LogP contribution in [-0.4, -0.2) is 30.0 Å². The van der Waals surface area contributed by atoms with Crippen molar-refractivity contribution in [1.29, 1.82) is 0 Å². The Morgan fingerprint density at radius 2 is 1.87 bits per heavy atom. The highest BCUT2D eigenvalue weighted by molar-refractivity contribution is 6.33. The molecule has 1 heterocycles. The minimum atomic E-state index is -0.486. The van der Waals surface area contributed by atoms with E-state index in [-0.39, 0.29) is 17.0 Å². The number of methoxy groups -OCH3 is 1. The Bertz CT molecular complexity index is 1050. The van der Waals surface area contributed by atoms with Gasteiger partial charge in [-0.2, -0.15) is 0 Å². The molecule has 2 N–H and O–H groups in total. The third-order valence-electron chi connectivity index (χ3n) is 4.43. The fraction of sp³-hybridized carbons (Fsp3) is 0.304. The number of nitrogens with zero attached hydrogens (tertiary/aromatic N) is 1. The summed E-state index contributed by atoms with van der Waals surface area (Å²) in [4.78, 5) is 11.9. The van der Waals surface area contributed by atoms with Crippen molar-refractivity contribution in [2.24, 2.45) is 0 Å². The predicted octanol–water partition coefficient (Wildman–Crippen LogP) is 4.45. The number of H-pyrrole nitrogens is 1. The van der Waals surface area contributed by atoms with Crippen LogP contribution in [0.15, 0.2) is 53.3 Å². The smallest absolute Gasteiger partial charge is 0.285 e. The van der Waals surface area contributed by atoms with Crippen molar-refractivity contribution >= 4 is 17.3 Å². The summed E-state index contributed by atoms with van der Waals surface area (Å²) in [6.45, 7) is 4.64. The largest absolute Gasteiger partial charge is 0.493 e. The maximum atomic E-state index is 11.9. The summed E-state index contributed by atoms with van der Waals surface area (Å²) >= 11 is 6.18. The molecule has 0 radical (unpaired) electrons. The van der Waals surface area contributed by atoms with Crippen LogP contribution < -0.4 is 25.1 Å². The van der Waals surface area contributed by atoms with Gasteiger partial charge in [0.1, 0.15) is 10.7 Å². The number of aromatic amines is 1. The second-order valence-corrected chi connectivity index (χ2v) is 7.51. The number of rotatable bonds is 10. The molecule has 0 fully saturated rings. The lowest BCUT2D eigenvalue weighted by atomic mass is 10.1. The molecule has 164 valence electrons. The normalized spacial score (nSPS) is 10.7. The molecule has 0 aliphatic rings. The standard InChI is InChI=1S/C23H26ClN3O4/c1-15(2)31-23-21(20(24)22(28)26-27-23)25-14-17-9-10-18(29-3)19(13-17)30-12-11-16-7-5-4-6-8-16/h4-10,13,15H,11-12,14H2,1-3H3,(H2,25,26,28). The van der Waals surface area contributed by atoms with E-state index in [2.05, 4.69) is 27.6 Å². The summed E-state index contributed by atoms with van der Waals surface area (Å²) in [6, 6.07) is 15.8. The number of aromatic nitrogens is 2. The fourth-order valence-corrected chi connectivity index (χ4v) is 3.12. The number of hydrogen-bond donors (Lipinski definition) is 2. The van der Waals surface area contributed by atoms with Gasteiger partial charge < -0.3 is 19.5 Å². The molecule has 3 aromatic rings. The average molecular weight is 444 g/mol. The number of ether oxygens (including phenoxy) is 3. The van der Waals surface area contributed by atoms with Crippen LogP contribution in [0.1, 0.15) is 25.0 Å². The van der Waals surface area contributed by atoms with E-state index in [1.807, 2.05) is 50.2 Å². The molecule has 3 rings (SSSR count). The van der Waals surface area contributed by atoms with Gasteiger partial charge >= 0.3 is 0 Å². The molecule has 0 aliphatic heterocycles. The van der Waals surface area contributed by atoms with Crippen molar-refractivity contribution in [2.45, 2.75) is 32.9 Å². The summed E-state index contributed by atoms with van der Waals surface area (Å²) < 4.78 is 17.0.